The second-order valence-corrected chi connectivity index (χ2v) is 5.82. The molecular weight excluding hydrogens is 377 g/mol. The first-order valence-corrected chi connectivity index (χ1v) is 7.93. The summed E-state index contributed by atoms with van der Waals surface area (Å²) in [5.74, 6) is 0.0681. The van der Waals surface area contributed by atoms with Crippen LogP contribution in [0.5, 0.6) is 11.6 Å². The van der Waals surface area contributed by atoms with E-state index in [4.69, 9.17) is 10.5 Å². The molecule has 3 rings (SSSR count). The van der Waals surface area contributed by atoms with Gasteiger partial charge in [0, 0.05) is 13.1 Å². The number of primary amides is 1. The number of aryl methyl sites for hydroxylation is 2. The summed E-state index contributed by atoms with van der Waals surface area (Å²) in [5, 5.41) is 7.55. The van der Waals surface area contributed by atoms with Crippen LogP contribution in [-0.4, -0.2) is 27.0 Å². The van der Waals surface area contributed by atoms with Crippen LogP contribution >= 0.6 is 0 Å². The number of fused-ring (bicyclic) bond motifs is 1. The third-order valence-electron chi connectivity index (χ3n) is 3.74. The molecule has 0 aliphatic carbocycles. The number of aromatic nitrogens is 3. The highest BCUT2D eigenvalue weighted by molar-refractivity contribution is 5.83. The second-order valence-electron chi connectivity index (χ2n) is 5.82. The summed E-state index contributed by atoms with van der Waals surface area (Å²) in [6.07, 6.45) is -3.24. The van der Waals surface area contributed by atoms with Crippen molar-refractivity contribution in [3.05, 3.63) is 47.2 Å². The van der Waals surface area contributed by atoms with E-state index in [1.165, 1.54) is 37.0 Å². The molecule has 0 spiro atoms. The van der Waals surface area contributed by atoms with E-state index in [1.807, 2.05) is 5.43 Å². The van der Waals surface area contributed by atoms with E-state index in [-0.39, 0.29) is 28.4 Å². The number of hydrazone groups is 1. The van der Waals surface area contributed by atoms with Gasteiger partial charge in [-0.3, -0.25) is 4.68 Å². The van der Waals surface area contributed by atoms with Gasteiger partial charge in [0.1, 0.15) is 5.75 Å². The van der Waals surface area contributed by atoms with Gasteiger partial charge in [-0.25, -0.2) is 10.2 Å². The van der Waals surface area contributed by atoms with Crippen molar-refractivity contribution < 1.29 is 22.7 Å². The summed E-state index contributed by atoms with van der Waals surface area (Å²) in [7, 11) is 1.51. The van der Waals surface area contributed by atoms with E-state index < -0.39 is 17.8 Å². The second kappa shape index (κ2) is 7.18. The molecule has 11 heteroatoms. The Morgan fingerprint density at radius 2 is 2.00 bits per heavy atom. The van der Waals surface area contributed by atoms with Crippen LogP contribution in [0.3, 0.4) is 0 Å². The number of pyridine rings is 1. The lowest BCUT2D eigenvalue weighted by Crippen LogP contribution is -2.24. The number of amides is 2. The monoisotopic (exact) mass is 392 g/mol. The molecule has 0 bridgehead atoms. The van der Waals surface area contributed by atoms with Gasteiger partial charge in [-0.2, -0.15) is 28.4 Å². The molecule has 0 aliphatic rings. The lowest BCUT2D eigenvalue weighted by atomic mass is 10.1. The molecule has 28 heavy (non-hydrogen) atoms. The summed E-state index contributed by atoms with van der Waals surface area (Å²) in [6, 6.07) is 6.29. The lowest BCUT2D eigenvalue weighted by molar-refractivity contribution is -0.136. The van der Waals surface area contributed by atoms with Crippen molar-refractivity contribution >= 4 is 23.3 Å². The number of carbonyl (C=O) groups is 1. The zero-order valence-electron chi connectivity index (χ0n) is 14.8. The number of nitrogens with two attached hydrogens (primary N) is 1. The first-order valence-electron chi connectivity index (χ1n) is 7.93. The Morgan fingerprint density at radius 3 is 2.61 bits per heavy atom. The van der Waals surface area contributed by atoms with Crippen LogP contribution in [0.15, 0.2) is 35.4 Å². The summed E-state index contributed by atoms with van der Waals surface area (Å²) in [4.78, 5) is 14.7. The highest BCUT2D eigenvalue weighted by Gasteiger charge is 2.35. The van der Waals surface area contributed by atoms with Gasteiger partial charge in [0.15, 0.2) is 5.65 Å². The number of ether oxygens (including phenoxy) is 1. The maximum absolute atomic E-state index is 13.5. The first-order chi connectivity index (χ1) is 13.1. The van der Waals surface area contributed by atoms with Crippen molar-refractivity contribution in [2.24, 2.45) is 17.9 Å². The fourth-order valence-corrected chi connectivity index (χ4v) is 2.61. The van der Waals surface area contributed by atoms with Crippen molar-refractivity contribution in [3.8, 4) is 11.6 Å². The normalized spacial score (nSPS) is 11.9. The van der Waals surface area contributed by atoms with E-state index >= 15 is 0 Å². The van der Waals surface area contributed by atoms with Crippen LogP contribution in [0.4, 0.5) is 18.0 Å². The number of nitrogens with zero attached hydrogens (tertiary/aromatic N) is 4. The molecule has 2 heterocycles. The largest absolute Gasteiger partial charge is 0.439 e. The molecule has 8 nitrogen and oxygen atoms in total. The number of urea groups is 1. The van der Waals surface area contributed by atoms with E-state index in [0.717, 1.165) is 6.07 Å². The molecule has 0 aliphatic heterocycles. The molecule has 3 N–H and O–H groups in total. The maximum atomic E-state index is 13.5. The molecule has 3 aromatic rings. The Hall–Kier alpha value is -3.63. The number of rotatable bonds is 4. The molecular formula is C17H15F3N6O2. The molecule has 2 aromatic heterocycles. The highest BCUT2D eigenvalue weighted by atomic mass is 19.4. The molecule has 1 aromatic carbocycles. The quantitative estimate of drug-likeness (QED) is 0.525. The Balaban J connectivity index is 1.91. The van der Waals surface area contributed by atoms with Crippen molar-refractivity contribution in [3.63, 3.8) is 0 Å². The van der Waals surface area contributed by atoms with E-state index in [9.17, 15) is 18.0 Å². The molecule has 0 saturated carbocycles. The van der Waals surface area contributed by atoms with Crippen LogP contribution in [0.25, 0.3) is 11.0 Å². The van der Waals surface area contributed by atoms with Gasteiger partial charge in [-0.05, 0) is 36.8 Å². The van der Waals surface area contributed by atoms with Gasteiger partial charge >= 0.3 is 12.2 Å². The summed E-state index contributed by atoms with van der Waals surface area (Å²) in [6.45, 7) is 1.49. The zero-order chi connectivity index (χ0) is 20.5. The van der Waals surface area contributed by atoms with Crippen molar-refractivity contribution in [2.75, 3.05) is 0 Å². The van der Waals surface area contributed by atoms with Gasteiger partial charge in [0.25, 0.3) is 0 Å². The molecule has 0 radical (unpaired) electrons. The average molecular weight is 392 g/mol. The Bertz CT molecular complexity index is 1060. The first kappa shape index (κ1) is 19.1. The third kappa shape index (κ3) is 4.03. The number of hydrogen-bond donors (Lipinski definition) is 2. The SMILES string of the molecule is Cc1nn(C)c2nc(Oc3ccc(C=NNC(N)=O)cc3)cc(C(F)(F)F)c12. The smallest absolute Gasteiger partial charge is 0.417 e. The summed E-state index contributed by atoms with van der Waals surface area (Å²) < 4.78 is 47.2. The van der Waals surface area contributed by atoms with Gasteiger partial charge in [0.05, 0.1) is 22.9 Å². The van der Waals surface area contributed by atoms with Crippen LogP contribution in [0, 0.1) is 6.92 Å². The van der Waals surface area contributed by atoms with Crippen molar-refractivity contribution in [2.45, 2.75) is 13.1 Å². The minimum atomic E-state index is -4.58. The molecule has 146 valence electrons. The minimum Gasteiger partial charge on any atom is -0.439 e. The number of nitrogens with one attached hydrogen (secondary N) is 1. The van der Waals surface area contributed by atoms with Crippen LogP contribution < -0.4 is 15.9 Å². The third-order valence-corrected chi connectivity index (χ3v) is 3.74. The fraction of sp³-hybridized carbons (Fsp3) is 0.176. The average Bonchev–Trinajstić information content (AvgIpc) is 2.89. The van der Waals surface area contributed by atoms with E-state index in [1.54, 1.807) is 12.1 Å². The number of hydrogen-bond acceptors (Lipinski definition) is 5. The van der Waals surface area contributed by atoms with Crippen LogP contribution in [0.1, 0.15) is 16.8 Å². The number of halogens is 3. The molecule has 0 fully saturated rings. The number of benzene rings is 1. The van der Waals surface area contributed by atoms with Gasteiger partial charge < -0.3 is 10.5 Å². The predicted molar refractivity (Wildman–Crippen MR) is 95.1 cm³/mol. The molecule has 0 unspecified atom stereocenters. The van der Waals surface area contributed by atoms with Gasteiger partial charge in [-0.15, -0.1) is 0 Å². The highest BCUT2D eigenvalue weighted by Crippen LogP contribution is 2.38. The molecule has 0 atom stereocenters. The summed E-state index contributed by atoms with van der Waals surface area (Å²) in [5.41, 5.74) is 6.99. The van der Waals surface area contributed by atoms with Crippen molar-refractivity contribution in [1.29, 1.82) is 0 Å². The predicted octanol–water partition coefficient (Wildman–Crippen LogP) is 3.09. The summed E-state index contributed by atoms with van der Waals surface area (Å²) >= 11 is 0. The number of carbonyl (C=O) groups excluding carboxylic acids is 1. The fourth-order valence-electron chi connectivity index (χ4n) is 2.61. The Morgan fingerprint density at radius 1 is 1.32 bits per heavy atom. The Labute approximate surface area is 156 Å². The maximum Gasteiger partial charge on any atom is 0.417 e. The topological polar surface area (TPSA) is 107 Å². The van der Waals surface area contributed by atoms with Crippen LogP contribution in [-0.2, 0) is 13.2 Å². The van der Waals surface area contributed by atoms with Gasteiger partial charge in [0.2, 0.25) is 5.88 Å². The zero-order valence-corrected chi connectivity index (χ0v) is 14.8. The molecule has 0 saturated heterocycles. The van der Waals surface area contributed by atoms with Crippen LogP contribution in [0.2, 0.25) is 0 Å². The standard InChI is InChI=1S/C17H15F3N6O2/c1-9-14-12(17(18,19)20)7-13(23-15(14)26(2)25-9)28-11-5-3-10(4-6-11)8-22-24-16(21)27/h3-8H,1-2H3,(H3,21,24,27). The molecule has 2 amide bonds. The Kier molecular flexibility index (Phi) is 4.91. The van der Waals surface area contributed by atoms with Gasteiger partial charge in [-0.1, -0.05) is 0 Å². The number of alkyl halides is 3. The van der Waals surface area contributed by atoms with E-state index in [0.29, 0.717) is 5.56 Å². The lowest BCUT2D eigenvalue weighted by Gasteiger charge is -2.11. The van der Waals surface area contributed by atoms with E-state index in [2.05, 4.69) is 15.2 Å². The van der Waals surface area contributed by atoms with Crippen molar-refractivity contribution in [1.82, 2.24) is 20.2 Å². The minimum absolute atomic E-state index is 0.0594.